The second-order valence-electron chi connectivity index (χ2n) is 5.69. The number of hydrogen-bond acceptors (Lipinski definition) is 3. The van der Waals surface area contributed by atoms with E-state index in [1.807, 2.05) is 18.2 Å². The van der Waals surface area contributed by atoms with Gasteiger partial charge in [-0.25, -0.2) is 0 Å². The second kappa shape index (κ2) is 7.76. The molecule has 116 valence electrons. The highest BCUT2D eigenvalue weighted by atomic mass is 32.1. The van der Waals surface area contributed by atoms with Gasteiger partial charge in [-0.05, 0) is 37.0 Å². The SMILES string of the molecule is CCC1CCCCC1OCc1cc(C(N)=S)ccc1OC. The maximum Gasteiger partial charge on any atom is 0.124 e. The van der Waals surface area contributed by atoms with Crippen molar-refractivity contribution in [2.75, 3.05) is 7.11 Å². The van der Waals surface area contributed by atoms with Gasteiger partial charge in [-0.15, -0.1) is 0 Å². The van der Waals surface area contributed by atoms with Crippen LogP contribution in [0.1, 0.15) is 50.2 Å². The van der Waals surface area contributed by atoms with E-state index in [0.717, 1.165) is 23.3 Å². The predicted molar refractivity (Wildman–Crippen MR) is 89.7 cm³/mol. The van der Waals surface area contributed by atoms with Crippen molar-refractivity contribution in [1.82, 2.24) is 0 Å². The Morgan fingerprint density at radius 2 is 2.10 bits per heavy atom. The number of ether oxygens (including phenoxy) is 2. The molecule has 0 bridgehead atoms. The van der Waals surface area contributed by atoms with E-state index in [-0.39, 0.29) is 0 Å². The van der Waals surface area contributed by atoms with Crippen molar-refractivity contribution < 1.29 is 9.47 Å². The van der Waals surface area contributed by atoms with Crippen molar-refractivity contribution in [2.24, 2.45) is 11.7 Å². The number of rotatable bonds is 6. The number of methoxy groups -OCH3 is 1. The third-order valence-corrected chi connectivity index (χ3v) is 4.62. The molecular weight excluding hydrogens is 282 g/mol. The zero-order valence-electron chi connectivity index (χ0n) is 12.9. The molecule has 4 heteroatoms. The average Bonchev–Trinajstić information content (AvgIpc) is 2.52. The van der Waals surface area contributed by atoms with Gasteiger partial charge in [-0.3, -0.25) is 0 Å². The lowest BCUT2D eigenvalue weighted by atomic mass is 9.85. The van der Waals surface area contributed by atoms with Crippen LogP contribution in [-0.4, -0.2) is 18.2 Å². The van der Waals surface area contributed by atoms with Gasteiger partial charge in [0.15, 0.2) is 0 Å². The van der Waals surface area contributed by atoms with Crippen LogP contribution in [0, 0.1) is 5.92 Å². The van der Waals surface area contributed by atoms with Crippen molar-refractivity contribution in [2.45, 2.75) is 51.7 Å². The van der Waals surface area contributed by atoms with Crippen LogP contribution in [0.2, 0.25) is 0 Å². The van der Waals surface area contributed by atoms with E-state index in [9.17, 15) is 0 Å². The summed E-state index contributed by atoms with van der Waals surface area (Å²) in [5, 5.41) is 0. The molecule has 2 N–H and O–H groups in total. The van der Waals surface area contributed by atoms with Crippen molar-refractivity contribution in [3.05, 3.63) is 29.3 Å². The van der Waals surface area contributed by atoms with Crippen molar-refractivity contribution >= 4 is 17.2 Å². The average molecular weight is 307 g/mol. The third kappa shape index (κ3) is 4.17. The van der Waals surface area contributed by atoms with Crippen LogP contribution in [-0.2, 0) is 11.3 Å². The number of thiocarbonyl (C=S) groups is 1. The summed E-state index contributed by atoms with van der Waals surface area (Å²) < 4.78 is 11.6. The van der Waals surface area contributed by atoms with E-state index < -0.39 is 0 Å². The molecule has 1 fully saturated rings. The first-order valence-corrected chi connectivity index (χ1v) is 8.14. The van der Waals surface area contributed by atoms with Crippen LogP contribution >= 0.6 is 12.2 Å². The molecule has 2 rings (SSSR count). The zero-order valence-corrected chi connectivity index (χ0v) is 13.7. The normalized spacial score (nSPS) is 22.0. The molecule has 0 heterocycles. The van der Waals surface area contributed by atoms with Gasteiger partial charge in [0.05, 0.1) is 19.8 Å². The van der Waals surface area contributed by atoms with Gasteiger partial charge in [-0.1, -0.05) is 38.4 Å². The lowest BCUT2D eigenvalue weighted by molar-refractivity contribution is -0.0227. The molecule has 2 atom stereocenters. The van der Waals surface area contributed by atoms with Crippen LogP contribution in [0.5, 0.6) is 5.75 Å². The minimum absolute atomic E-state index is 0.363. The molecule has 1 aromatic carbocycles. The van der Waals surface area contributed by atoms with E-state index in [1.165, 1.54) is 25.7 Å². The van der Waals surface area contributed by atoms with Gasteiger partial charge in [-0.2, -0.15) is 0 Å². The van der Waals surface area contributed by atoms with Gasteiger partial charge in [0.25, 0.3) is 0 Å². The smallest absolute Gasteiger partial charge is 0.124 e. The summed E-state index contributed by atoms with van der Waals surface area (Å²) in [7, 11) is 1.68. The summed E-state index contributed by atoms with van der Waals surface area (Å²) >= 11 is 5.04. The first-order valence-electron chi connectivity index (χ1n) is 7.74. The summed E-state index contributed by atoms with van der Waals surface area (Å²) in [6, 6.07) is 5.77. The summed E-state index contributed by atoms with van der Waals surface area (Å²) in [6.07, 6.45) is 6.60. The number of nitrogens with two attached hydrogens (primary N) is 1. The van der Waals surface area contributed by atoms with Crippen LogP contribution in [0.4, 0.5) is 0 Å². The third-order valence-electron chi connectivity index (χ3n) is 4.38. The Bertz CT molecular complexity index is 490. The highest BCUT2D eigenvalue weighted by molar-refractivity contribution is 7.80. The molecule has 1 aliphatic rings. The van der Waals surface area contributed by atoms with Crippen molar-refractivity contribution in [1.29, 1.82) is 0 Å². The molecule has 0 amide bonds. The van der Waals surface area contributed by atoms with Crippen LogP contribution < -0.4 is 10.5 Å². The van der Waals surface area contributed by atoms with E-state index in [1.54, 1.807) is 7.11 Å². The molecule has 0 saturated heterocycles. The Kier molecular flexibility index (Phi) is 6.00. The first-order chi connectivity index (χ1) is 10.2. The van der Waals surface area contributed by atoms with Gasteiger partial charge < -0.3 is 15.2 Å². The van der Waals surface area contributed by atoms with Crippen LogP contribution in [0.3, 0.4) is 0 Å². The first kappa shape index (κ1) is 16.2. The lowest BCUT2D eigenvalue weighted by Gasteiger charge is -2.31. The molecular formula is C17H25NO2S. The van der Waals surface area contributed by atoms with Gasteiger partial charge in [0, 0.05) is 11.1 Å². The van der Waals surface area contributed by atoms with Crippen molar-refractivity contribution in [3.8, 4) is 5.75 Å². The summed E-state index contributed by atoms with van der Waals surface area (Å²) in [6.45, 7) is 2.81. The quantitative estimate of drug-likeness (QED) is 0.812. The second-order valence-corrected chi connectivity index (χ2v) is 6.13. The molecule has 21 heavy (non-hydrogen) atoms. The highest BCUT2D eigenvalue weighted by Crippen LogP contribution is 2.31. The monoisotopic (exact) mass is 307 g/mol. The number of benzene rings is 1. The molecule has 2 unspecified atom stereocenters. The molecule has 0 aromatic heterocycles. The maximum absolute atomic E-state index is 6.19. The standard InChI is InChI=1S/C17H25NO2S/c1-3-12-6-4-5-7-16(12)20-11-14-10-13(17(18)21)8-9-15(14)19-2/h8-10,12,16H,3-7,11H2,1-2H3,(H2,18,21). The topological polar surface area (TPSA) is 44.5 Å². The molecule has 1 aliphatic carbocycles. The number of hydrogen-bond donors (Lipinski definition) is 1. The molecule has 0 aliphatic heterocycles. The van der Waals surface area contributed by atoms with E-state index in [2.05, 4.69) is 6.92 Å². The van der Waals surface area contributed by atoms with Gasteiger partial charge in [0.1, 0.15) is 10.7 Å². The van der Waals surface area contributed by atoms with Gasteiger partial charge in [0.2, 0.25) is 0 Å². The van der Waals surface area contributed by atoms with E-state index in [0.29, 0.717) is 23.6 Å². The Balaban J connectivity index is 2.07. The Morgan fingerprint density at radius 3 is 2.76 bits per heavy atom. The summed E-state index contributed by atoms with van der Waals surface area (Å²) in [4.78, 5) is 0.406. The Hall–Kier alpha value is -1.13. The Labute approximate surface area is 132 Å². The van der Waals surface area contributed by atoms with Crippen LogP contribution in [0.25, 0.3) is 0 Å². The molecule has 1 aromatic rings. The highest BCUT2D eigenvalue weighted by Gasteiger charge is 2.24. The summed E-state index contributed by atoms with van der Waals surface area (Å²) in [5.74, 6) is 1.52. The fourth-order valence-corrected chi connectivity index (χ4v) is 3.23. The fourth-order valence-electron chi connectivity index (χ4n) is 3.10. The van der Waals surface area contributed by atoms with E-state index in [4.69, 9.17) is 27.4 Å². The predicted octanol–water partition coefficient (Wildman–Crippen LogP) is 3.81. The largest absolute Gasteiger partial charge is 0.496 e. The molecule has 0 radical (unpaired) electrons. The van der Waals surface area contributed by atoms with Crippen molar-refractivity contribution in [3.63, 3.8) is 0 Å². The summed E-state index contributed by atoms with van der Waals surface area (Å²) in [5.41, 5.74) is 7.58. The minimum Gasteiger partial charge on any atom is -0.496 e. The molecule has 1 saturated carbocycles. The fraction of sp³-hybridized carbons (Fsp3) is 0.588. The molecule has 0 spiro atoms. The van der Waals surface area contributed by atoms with Gasteiger partial charge >= 0.3 is 0 Å². The minimum atomic E-state index is 0.363. The lowest BCUT2D eigenvalue weighted by Crippen LogP contribution is -2.27. The Morgan fingerprint density at radius 1 is 1.33 bits per heavy atom. The van der Waals surface area contributed by atoms with Crippen LogP contribution in [0.15, 0.2) is 18.2 Å². The van der Waals surface area contributed by atoms with E-state index >= 15 is 0 Å². The maximum atomic E-state index is 6.19. The zero-order chi connectivity index (χ0) is 15.2. The molecule has 3 nitrogen and oxygen atoms in total.